The van der Waals surface area contributed by atoms with Gasteiger partial charge in [0.05, 0.1) is 23.4 Å². The Morgan fingerprint density at radius 3 is 2.37 bits per heavy atom. The summed E-state index contributed by atoms with van der Waals surface area (Å²) in [5, 5.41) is 1.83. The van der Waals surface area contributed by atoms with Crippen LogP contribution in [0.2, 0.25) is 10.0 Å². The third kappa shape index (κ3) is 4.15. The first-order valence-electron chi connectivity index (χ1n) is 9.21. The van der Waals surface area contributed by atoms with E-state index >= 15 is 0 Å². The molecule has 0 N–H and O–H groups in total. The number of pyridine rings is 1. The van der Waals surface area contributed by atoms with Gasteiger partial charge in [0.25, 0.3) is 0 Å². The van der Waals surface area contributed by atoms with Crippen LogP contribution in [0, 0.1) is 0 Å². The molecule has 0 atom stereocenters. The Balaban J connectivity index is 0.00000256. The lowest BCUT2D eigenvalue weighted by molar-refractivity contribution is 0.0528. The van der Waals surface area contributed by atoms with Crippen LogP contribution in [0.1, 0.15) is 17.3 Å². The van der Waals surface area contributed by atoms with E-state index in [0.29, 0.717) is 26.9 Å². The number of carbonyl (C=O) groups is 1. The highest BCUT2D eigenvalue weighted by Crippen LogP contribution is 2.40. The number of hydrogen-bond acceptors (Lipinski definition) is 3. The van der Waals surface area contributed by atoms with Gasteiger partial charge in [-0.2, -0.15) is 0 Å². The van der Waals surface area contributed by atoms with Crippen molar-refractivity contribution < 1.29 is 9.53 Å². The van der Waals surface area contributed by atoms with Gasteiger partial charge in [-0.25, -0.2) is 9.78 Å². The third-order valence-electron chi connectivity index (χ3n) is 4.62. The van der Waals surface area contributed by atoms with Crippen LogP contribution in [0.3, 0.4) is 0 Å². The van der Waals surface area contributed by atoms with E-state index in [2.05, 4.69) is 0 Å². The number of rotatable bonds is 4. The molecule has 0 amide bonds. The molecule has 1 aromatic heterocycles. The standard InChI is InChI=1S/C24H17Cl2NO2.ClH/c1-2-29-24(28)22-21(17-10-6-7-11-19(17)26)18-14-16(25)12-13-20(18)27-23(22)15-8-4-3-5-9-15;/h3-14H,2H2,1H3;1H. The predicted octanol–water partition coefficient (Wildman–Crippen LogP) is 7.47. The summed E-state index contributed by atoms with van der Waals surface area (Å²) in [7, 11) is 0. The van der Waals surface area contributed by atoms with Gasteiger partial charge < -0.3 is 4.74 Å². The summed E-state index contributed by atoms with van der Waals surface area (Å²) in [4.78, 5) is 17.9. The lowest BCUT2D eigenvalue weighted by atomic mass is 9.92. The Bertz CT molecular complexity index is 1210. The van der Waals surface area contributed by atoms with E-state index in [1.807, 2.05) is 54.6 Å². The van der Waals surface area contributed by atoms with E-state index in [4.69, 9.17) is 32.9 Å². The maximum Gasteiger partial charge on any atom is 0.341 e. The summed E-state index contributed by atoms with van der Waals surface area (Å²) in [5.41, 5.74) is 3.86. The number of aromatic nitrogens is 1. The molecule has 152 valence electrons. The molecular formula is C24H18Cl3NO2. The maximum atomic E-state index is 13.1. The van der Waals surface area contributed by atoms with E-state index < -0.39 is 5.97 Å². The minimum absolute atomic E-state index is 0. The number of hydrogen-bond donors (Lipinski definition) is 0. The molecule has 3 nitrogen and oxygen atoms in total. The van der Waals surface area contributed by atoms with E-state index in [1.54, 1.807) is 25.1 Å². The van der Waals surface area contributed by atoms with E-state index in [1.165, 1.54) is 0 Å². The Labute approximate surface area is 191 Å². The average Bonchev–Trinajstić information content (AvgIpc) is 2.74. The molecule has 0 radical (unpaired) electrons. The summed E-state index contributed by atoms with van der Waals surface area (Å²) >= 11 is 12.8. The molecule has 0 saturated carbocycles. The van der Waals surface area contributed by atoms with Crippen LogP contribution in [0.25, 0.3) is 33.3 Å². The molecule has 6 heteroatoms. The Kier molecular flexibility index (Phi) is 6.99. The number of halogens is 3. The molecule has 0 fully saturated rings. The molecule has 0 aliphatic heterocycles. The second-order valence-corrected chi connectivity index (χ2v) is 7.28. The lowest BCUT2D eigenvalue weighted by Crippen LogP contribution is -2.11. The van der Waals surface area contributed by atoms with Crippen molar-refractivity contribution in [3.8, 4) is 22.4 Å². The number of nitrogens with zero attached hydrogens (tertiary/aromatic N) is 1. The first-order valence-corrected chi connectivity index (χ1v) is 9.96. The van der Waals surface area contributed by atoms with E-state index in [0.717, 1.165) is 22.0 Å². The van der Waals surface area contributed by atoms with Gasteiger partial charge in [-0.15, -0.1) is 12.4 Å². The van der Waals surface area contributed by atoms with Crippen LogP contribution in [0.5, 0.6) is 0 Å². The topological polar surface area (TPSA) is 39.2 Å². The number of benzene rings is 3. The van der Waals surface area contributed by atoms with Crippen molar-refractivity contribution in [3.63, 3.8) is 0 Å². The fourth-order valence-corrected chi connectivity index (χ4v) is 3.79. The summed E-state index contributed by atoms with van der Waals surface area (Å²) < 4.78 is 5.42. The van der Waals surface area contributed by atoms with Gasteiger partial charge in [0.15, 0.2) is 0 Å². The highest BCUT2D eigenvalue weighted by molar-refractivity contribution is 6.34. The van der Waals surface area contributed by atoms with Crippen LogP contribution in [0.15, 0.2) is 72.8 Å². The molecule has 0 saturated heterocycles. The van der Waals surface area contributed by atoms with Crippen molar-refractivity contribution in [2.24, 2.45) is 0 Å². The van der Waals surface area contributed by atoms with E-state index in [-0.39, 0.29) is 19.0 Å². The lowest BCUT2D eigenvalue weighted by Gasteiger charge is -2.18. The van der Waals surface area contributed by atoms with Crippen LogP contribution in [-0.4, -0.2) is 17.6 Å². The smallest absolute Gasteiger partial charge is 0.341 e. The SMILES string of the molecule is CCOC(=O)c1c(-c2ccccc2)nc2ccc(Cl)cc2c1-c1ccccc1Cl.Cl. The molecule has 4 aromatic rings. The second-order valence-electron chi connectivity index (χ2n) is 6.44. The summed E-state index contributed by atoms with van der Waals surface area (Å²) in [5.74, 6) is -0.448. The largest absolute Gasteiger partial charge is 0.462 e. The predicted molar refractivity (Wildman–Crippen MR) is 126 cm³/mol. The van der Waals surface area contributed by atoms with Crippen LogP contribution < -0.4 is 0 Å². The van der Waals surface area contributed by atoms with Crippen molar-refractivity contribution in [3.05, 3.63) is 88.4 Å². The van der Waals surface area contributed by atoms with Gasteiger partial charge in [0.2, 0.25) is 0 Å². The third-order valence-corrected chi connectivity index (χ3v) is 5.18. The van der Waals surface area contributed by atoms with Gasteiger partial charge in [-0.3, -0.25) is 0 Å². The fourth-order valence-electron chi connectivity index (χ4n) is 3.39. The molecular weight excluding hydrogens is 441 g/mol. The summed E-state index contributed by atoms with van der Waals surface area (Å²) in [6.45, 7) is 2.03. The minimum atomic E-state index is -0.448. The monoisotopic (exact) mass is 457 g/mol. The Hall–Kier alpha value is -2.59. The zero-order valence-corrected chi connectivity index (χ0v) is 18.4. The molecule has 1 heterocycles. The van der Waals surface area contributed by atoms with Crippen molar-refractivity contribution in [1.29, 1.82) is 0 Å². The number of ether oxygens (including phenoxy) is 1. The van der Waals surface area contributed by atoms with Gasteiger partial charge >= 0.3 is 5.97 Å². The van der Waals surface area contributed by atoms with Crippen molar-refractivity contribution >= 4 is 52.5 Å². The first-order chi connectivity index (χ1) is 14.1. The van der Waals surface area contributed by atoms with Crippen molar-refractivity contribution in [2.75, 3.05) is 6.61 Å². The highest BCUT2D eigenvalue weighted by Gasteiger charge is 2.25. The van der Waals surface area contributed by atoms with Crippen LogP contribution in [0.4, 0.5) is 0 Å². The van der Waals surface area contributed by atoms with Gasteiger partial charge in [-0.05, 0) is 31.2 Å². The molecule has 0 bridgehead atoms. The minimum Gasteiger partial charge on any atom is -0.462 e. The van der Waals surface area contributed by atoms with Crippen molar-refractivity contribution in [2.45, 2.75) is 6.92 Å². The summed E-state index contributed by atoms with van der Waals surface area (Å²) in [6.07, 6.45) is 0. The zero-order chi connectivity index (χ0) is 20.4. The van der Waals surface area contributed by atoms with Gasteiger partial charge in [0, 0.05) is 32.1 Å². The number of fused-ring (bicyclic) bond motifs is 1. The first kappa shape index (κ1) is 22.1. The average molecular weight is 459 g/mol. The molecule has 0 aliphatic rings. The zero-order valence-electron chi connectivity index (χ0n) is 16.1. The molecule has 4 rings (SSSR count). The Morgan fingerprint density at radius 1 is 0.967 bits per heavy atom. The van der Waals surface area contributed by atoms with Gasteiger partial charge in [-0.1, -0.05) is 71.7 Å². The molecule has 0 aliphatic carbocycles. The maximum absolute atomic E-state index is 13.1. The van der Waals surface area contributed by atoms with Crippen LogP contribution in [-0.2, 0) is 4.74 Å². The quantitative estimate of drug-likeness (QED) is 0.298. The number of esters is 1. The normalized spacial score (nSPS) is 10.5. The molecule has 3 aromatic carbocycles. The second kappa shape index (κ2) is 9.48. The van der Waals surface area contributed by atoms with Crippen molar-refractivity contribution in [1.82, 2.24) is 4.98 Å². The molecule has 0 spiro atoms. The highest BCUT2D eigenvalue weighted by atomic mass is 35.5. The van der Waals surface area contributed by atoms with Crippen LogP contribution >= 0.6 is 35.6 Å². The van der Waals surface area contributed by atoms with E-state index in [9.17, 15) is 4.79 Å². The Morgan fingerprint density at radius 2 is 1.67 bits per heavy atom. The summed E-state index contributed by atoms with van der Waals surface area (Å²) in [6, 6.07) is 22.4. The fraction of sp³-hybridized carbons (Fsp3) is 0.0833. The molecule has 30 heavy (non-hydrogen) atoms. The molecule has 0 unspecified atom stereocenters. The number of carbonyl (C=O) groups excluding carboxylic acids is 1. The van der Waals surface area contributed by atoms with Gasteiger partial charge in [0.1, 0.15) is 0 Å².